The molecule has 1 aromatic heterocycles. The lowest BCUT2D eigenvalue weighted by molar-refractivity contribution is -0.134. The van der Waals surface area contributed by atoms with Gasteiger partial charge in [-0.25, -0.2) is 0 Å². The van der Waals surface area contributed by atoms with E-state index < -0.39 is 24.2 Å². The van der Waals surface area contributed by atoms with Crippen molar-refractivity contribution in [2.24, 2.45) is 5.41 Å². The second-order valence-corrected chi connectivity index (χ2v) is 12.1. The number of benzene rings is 2. The summed E-state index contributed by atoms with van der Waals surface area (Å²) in [7, 11) is 0. The number of carbonyl (C=O) groups is 3. The van der Waals surface area contributed by atoms with Crippen LogP contribution in [0.2, 0.25) is 0 Å². The zero-order valence-electron chi connectivity index (χ0n) is 25.2. The second kappa shape index (κ2) is 8.74. The largest absolute Gasteiger partial charge is 0.303 e. The molecule has 0 radical (unpaired) electrons. The third kappa shape index (κ3) is 4.16. The van der Waals surface area contributed by atoms with Crippen molar-refractivity contribution < 1.29 is 18.5 Å². The van der Waals surface area contributed by atoms with Crippen LogP contribution in [0.4, 0.5) is 5.69 Å². The molecule has 7 rings (SSSR count). The first-order chi connectivity index (χ1) is 20.0. The average Bonchev–Trinajstić information content (AvgIpc) is 3.50. The summed E-state index contributed by atoms with van der Waals surface area (Å²) in [5.74, 6) is -0.942. The van der Waals surface area contributed by atoms with Crippen molar-refractivity contribution >= 4 is 34.2 Å². The Bertz CT molecular complexity index is 1620. The number of amides is 3. The van der Waals surface area contributed by atoms with Crippen LogP contribution in [0, 0.1) is 5.41 Å². The summed E-state index contributed by atoms with van der Waals surface area (Å²) in [6.45, 7) is 2.71. The molecule has 1 atom stereocenters. The Balaban J connectivity index is 1.09. The van der Waals surface area contributed by atoms with Crippen molar-refractivity contribution in [3.8, 4) is 0 Å². The molecule has 2 saturated heterocycles. The number of rotatable bonds is 6. The molecule has 0 bridgehead atoms. The summed E-state index contributed by atoms with van der Waals surface area (Å²) in [4.78, 5) is 41.7. The van der Waals surface area contributed by atoms with E-state index in [1.807, 2.05) is 30.5 Å². The van der Waals surface area contributed by atoms with Crippen molar-refractivity contribution in [2.75, 3.05) is 24.5 Å². The van der Waals surface area contributed by atoms with Crippen LogP contribution in [0.5, 0.6) is 0 Å². The summed E-state index contributed by atoms with van der Waals surface area (Å²) in [5.41, 5.74) is 2.80. The Morgan fingerprint density at radius 3 is 2.67 bits per heavy atom. The second-order valence-electron chi connectivity index (χ2n) is 12.1. The number of hydrogen-bond donors (Lipinski definition) is 1. The maximum Gasteiger partial charge on any atom is 0.259 e. The highest BCUT2D eigenvalue weighted by atomic mass is 16.2. The van der Waals surface area contributed by atoms with Crippen molar-refractivity contribution in [2.45, 2.75) is 70.3 Å². The molecule has 0 spiro atoms. The first kappa shape index (κ1) is 21.3. The van der Waals surface area contributed by atoms with Gasteiger partial charge in [-0.15, -0.1) is 0 Å². The average molecular weight is 529 g/mol. The van der Waals surface area contributed by atoms with Gasteiger partial charge in [-0.3, -0.25) is 29.3 Å². The fraction of sp³-hybridized carbons (Fsp3) is 0.484. The molecule has 8 heteroatoms. The quantitative estimate of drug-likeness (QED) is 0.489. The highest BCUT2D eigenvalue weighted by Crippen LogP contribution is 2.46. The topological polar surface area (TPSA) is 87.5 Å². The normalized spacial score (nSPS) is 25.4. The van der Waals surface area contributed by atoms with Crippen LogP contribution in [0.3, 0.4) is 0 Å². The number of imide groups is 1. The van der Waals surface area contributed by atoms with Crippen molar-refractivity contribution in [3.05, 3.63) is 59.4 Å². The molecule has 1 unspecified atom stereocenters. The fourth-order valence-corrected chi connectivity index (χ4v) is 6.58. The Hall–Kier alpha value is -3.52. The van der Waals surface area contributed by atoms with Gasteiger partial charge in [0.25, 0.3) is 5.91 Å². The van der Waals surface area contributed by atoms with Gasteiger partial charge in [0, 0.05) is 53.7 Å². The number of carbonyl (C=O) groups excluding carboxylic acids is 3. The Morgan fingerprint density at radius 2 is 1.92 bits per heavy atom. The van der Waals surface area contributed by atoms with E-state index in [0.29, 0.717) is 30.6 Å². The zero-order chi connectivity index (χ0) is 29.4. The van der Waals surface area contributed by atoms with Gasteiger partial charge < -0.3 is 4.90 Å². The summed E-state index contributed by atoms with van der Waals surface area (Å²) >= 11 is 0. The first-order valence-corrected chi connectivity index (χ1v) is 14.0. The van der Waals surface area contributed by atoms with E-state index in [1.165, 1.54) is 0 Å². The van der Waals surface area contributed by atoms with Gasteiger partial charge in [0.2, 0.25) is 11.8 Å². The van der Waals surface area contributed by atoms with E-state index >= 15 is 0 Å². The minimum atomic E-state index is -1.89. The summed E-state index contributed by atoms with van der Waals surface area (Å²) in [5, 5.41) is 8.96. The monoisotopic (exact) mass is 528 g/mol. The van der Waals surface area contributed by atoms with E-state index in [-0.39, 0.29) is 23.8 Å². The van der Waals surface area contributed by atoms with Gasteiger partial charge in [-0.1, -0.05) is 25.1 Å². The number of piperidine rings is 2. The maximum absolute atomic E-state index is 13.5. The highest BCUT2D eigenvalue weighted by Gasteiger charge is 2.42. The lowest BCUT2D eigenvalue weighted by Crippen LogP contribution is -2.53. The van der Waals surface area contributed by atoms with Crippen molar-refractivity contribution in [3.63, 3.8) is 0 Å². The zero-order valence-corrected chi connectivity index (χ0v) is 22.2. The van der Waals surface area contributed by atoms with Crippen LogP contribution >= 0.6 is 0 Å². The van der Waals surface area contributed by atoms with Crippen LogP contribution in [0.1, 0.15) is 77.9 Å². The van der Waals surface area contributed by atoms with E-state index in [1.54, 1.807) is 11.0 Å². The number of nitrogens with zero attached hydrogens (tertiary/aromatic N) is 4. The van der Waals surface area contributed by atoms with Gasteiger partial charge in [-0.2, -0.15) is 5.10 Å². The molecule has 4 heterocycles. The molecule has 4 aliphatic rings. The lowest BCUT2D eigenvalue weighted by atomic mass is 9.89. The molecule has 1 saturated carbocycles. The molecular formula is C31H35N5O3. The van der Waals surface area contributed by atoms with Crippen LogP contribution in [0.25, 0.3) is 10.8 Å². The molecule has 1 aliphatic carbocycles. The van der Waals surface area contributed by atoms with Gasteiger partial charge in [0.05, 0.1) is 17.4 Å². The van der Waals surface area contributed by atoms with E-state index in [0.717, 1.165) is 60.7 Å². The predicted octanol–water partition coefficient (Wildman–Crippen LogP) is 4.00. The number of aromatic nitrogens is 2. The smallest absolute Gasteiger partial charge is 0.259 e. The van der Waals surface area contributed by atoms with Crippen LogP contribution in [-0.2, 0) is 21.5 Å². The van der Waals surface area contributed by atoms with E-state index in [9.17, 15) is 14.4 Å². The van der Waals surface area contributed by atoms with E-state index in [2.05, 4.69) is 28.0 Å². The summed E-state index contributed by atoms with van der Waals surface area (Å²) in [6, 6.07) is 8.95. The van der Waals surface area contributed by atoms with Gasteiger partial charge in [-0.05, 0) is 73.1 Å². The van der Waals surface area contributed by atoms with Crippen LogP contribution in [0.15, 0.2) is 42.7 Å². The highest BCUT2D eigenvalue weighted by molar-refractivity contribution is 6.27. The molecule has 8 nitrogen and oxygen atoms in total. The summed E-state index contributed by atoms with van der Waals surface area (Å²) in [6.07, 6.45) is 8.59. The lowest BCUT2D eigenvalue weighted by Gasteiger charge is -2.40. The van der Waals surface area contributed by atoms with Gasteiger partial charge >= 0.3 is 0 Å². The van der Waals surface area contributed by atoms with E-state index in [4.69, 9.17) is 9.21 Å². The number of nitrogens with one attached hydrogen (secondary N) is 1. The Morgan fingerprint density at radius 1 is 1.10 bits per heavy atom. The van der Waals surface area contributed by atoms with Crippen molar-refractivity contribution in [1.29, 1.82) is 0 Å². The third-order valence-electron chi connectivity index (χ3n) is 9.24. The molecule has 3 aliphatic heterocycles. The maximum atomic E-state index is 13.5. The molecule has 2 aromatic carbocycles. The fourth-order valence-electron chi connectivity index (χ4n) is 6.58. The molecule has 3 aromatic rings. The van der Waals surface area contributed by atoms with Gasteiger partial charge in [0.1, 0.15) is 6.04 Å². The SMILES string of the molecule is [2H]C([2H])([2H])C1(CN2CCC(C)(n3cc(Cc4ccc5c6c(cccc46)C(=O)N5C4CCC(=O)NC4=O)cn3)CC2)CC1. The number of hydrogen-bond acceptors (Lipinski definition) is 5. The predicted molar refractivity (Wildman–Crippen MR) is 149 cm³/mol. The molecule has 1 N–H and O–H groups in total. The van der Waals surface area contributed by atoms with Gasteiger partial charge in [0.15, 0.2) is 0 Å². The number of anilines is 1. The number of likely N-dealkylation sites (tertiary alicyclic amines) is 1. The third-order valence-corrected chi connectivity index (χ3v) is 9.24. The summed E-state index contributed by atoms with van der Waals surface area (Å²) < 4.78 is 25.9. The molecule has 3 fully saturated rings. The molecule has 39 heavy (non-hydrogen) atoms. The Labute approximate surface area is 232 Å². The minimum Gasteiger partial charge on any atom is -0.303 e. The minimum absolute atomic E-state index is 0.137. The van der Waals surface area contributed by atoms with Crippen molar-refractivity contribution in [1.82, 2.24) is 20.0 Å². The Kier molecular flexibility index (Phi) is 4.78. The first-order valence-electron chi connectivity index (χ1n) is 15.5. The molecule has 202 valence electrons. The van der Waals surface area contributed by atoms with Crippen LogP contribution < -0.4 is 10.2 Å². The molecular weight excluding hydrogens is 490 g/mol. The molecule has 3 amide bonds. The van der Waals surface area contributed by atoms with Crippen LogP contribution in [-0.4, -0.2) is 58.1 Å². The standard InChI is InChI=1S/C31H35N5O3/c1-30(10-11-30)19-34-14-12-31(2,13-15-34)35-18-20(17-32-35)16-21-6-7-24-27-22(21)4-3-5-23(27)29(39)36(24)25-8-9-26(37)33-28(25)38/h3-7,17-18,25H,8-16,19H2,1-2H3,(H,33,37,38)/i1D3.